The molecule has 2 aromatic rings. The van der Waals surface area contributed by atoms with Crippen LogP contribution in [0.1, 0.15) is 0 Å². The smallest absolute Gasteiger partial charge is 0.311 e. The highest BCUT2D eigenvalue weighted by Crippen LogP contribution is 2.35. The van der Waals surface area contributed by atoms with Crippen LogP contribution in [-0.4, -0.2) is 50.8 Å². The molecule has 0 radical (unpaired) electrons. The lowest BCUT2D eigenvalue weighted by atomic mass is 10.2. The number of anilines is 2. The van der Waals surface area contributed by atoms with Crippen LogP contribution in [0.3, 0.4) is 0 Å². The summed E-state index contributed by atoms with van der Waals surface area (Å²) in [4.78, 5) is 18.6. The summed E-state index contributed by atoms with van der Waals surface area (Å²) in [6, 6.07) is 5.95. The zero-order valence-electron chi connectivity index (χ0n) is 14.3. The number of sulfone groups is 1. The number of nitro benzene ring substituents is 1. The van der Waals surface area contributed by atoms with Crippen molar-refractivity contribution < 1.29 is 13.3 Å². The van der Waals surface area contributed by atoms with E-state index >= 15 is 0 Å². The van der Waals surface area contributed by atoms with Crippen LogP contribution in [0.2, 0.25) is 10.0 Å². The Labute approximate surface area is 166 Å². The molecule has 0 atom stereocenters. The number of para-hydroxylation sites is 1. The molecule has 2 heterocycles. The maximum absolute atomic E-state index is 11.9. The van der Waals surface area contributed by atoms with Gasteiger partial charge in [-0.15, -0.1) is 0 Å². The van der Waals surface area contributed by atoms with Crippen molar-refractivity contribution in [3.63, 3.8) is 0 Å². The summed E-state index contributed by atoms with van der Waals surface area (Å²) in [5.41, 5.74) is -0.103. The second-order valence-corrected chi connectivity index (χ2v) is 8.91. The van der Waals surface area contributed by atoms with Gasteiger partial charge in [0, 0.05) is 38.6 Å². The number of aromatic nitrogens is 1. The van der Waals surface area contributed by atoms with E-state index in [-0.39, 0.29) is 10.6 Å². The SMILES string of the molecule is CS(=O)(=O)c1cccc(N2CCN(c3ncc(Cl)cc3Cl)CC2)c1[N+](=O)[O-]. The number of pyridine rings is 1. The second kappa shape index (κ2) is 7.49. The maximum Gasteiger partial charge on any atom is 0.311 e. The van der Waals surface area contributed by atoms with Crippen LogP contribution in [0, 0.1) is 10.1 Å². The van der Waals surface area contributed by atoms with E-state index in [9.17, 15) is 18.5 Å². The van der Waals surface area contributed by atoms with Crippen molar-refractivity contribution in [3.05, 3.63) is 50.6 Å². The zero-order chi connectivity index (χ0) is 19.8. The highest BCUT2D eigenvalue weighted by molar-refractivity contribution is 7.90. The number of benzene rings is 1. The summed E-state index contributed by atoms with van der Waals surface area (Å²) in [6.07, 6.45) is 2.47. The Morgan fingerprint density at radius 3 is 2.33 bits per heavy atom. The Hall–Kier alpha value is -2.10. The molecule has 1 fully saturated rings. The monoisotopic (exact) mass is 430 g/mol. The summed E-state index contributed by atoms with van der Waals surface area (Å²) in [6.45, 7) is 1.95. The zero-order valence-corrected chi connectivity index (χ0v) is 16.6. The molecule has 1 aliphatic rings. The van der Waals surface area contributed by atoms with Crippen LogP contribution < -0.4 is 9.80 Å². The molecular weight excluding hydrogens is 415 g/mol. The number of halogens is 2. The minimum Gasteiger partial charge on any atom is -0.362 e. The molecular formula is C16H16Cl2N4O4S. The van der Waals surface area contributed by atoms with Crippen molar-refractivity contribution in [1.29, 1.82) is 0 Å². The largest absolute Gasteiger partial charge is 0.362 e. The summed E-state index contributed by atoms with van der Waals surface area (Å²) in [5.74, 6) is 0.597. The Morgan fingerprint density at radius 2 is 1.78 bits per heavy atom. The number of hydrogen-bond donors (Lipinski definition) is 0. The van der Waals surface area contributed by atoms with Crippen LogP contribution >= 0.6 is 23.2 Å². The van der Waals surface area contributed by atoms with Gasteiger partial charge in [-0.3, -0.25) is 10.1 Å². The Morgan fingerprint density at radius 1 is 1.15 bits per heavy atom. The molecule has 144 valence electrons. The van der Waals surface area contributed by atoms with Crippen molar-refractivity contribution in [1.82, 2.24) is 4.98 Å². The lowest BCUT2D eigenvalue weighted by Gasteiger charge is -2.36. The van der Waals surface area contributed by atoms with Gasteiger partial charge in [0.1, 0.15) is 16.4 Å². The predicted molar refractivity (Wildman–Crippen MR) is 105 cm³/mol. The van der Waals surface area contributed by atoms with Crippen molar-refractivity contribution >= 4 is 50.2 Å². The third-order valence-electron chi connectivity index (χ3n) is 4.27. The molecule has 1 aromatic carbocycles. The molecule has 1 aromatic heterocycles. The van der Waals surface area contributed by atoms with Gasteiger partial charge in [0.25, 0.3) is 0 Å². The fourth-order valence-corrected chi connectivity index (χ4v) is 4.40. The number of hydrogen-bond acceptors (Lipinski definition) is 7. The van der Waals surface area contributed by atoms with Gasteiger partial charge in [0.2, 0.25) is 0 Å². The molecule has 0 unspecified atom stereocenters. The Kier molecular flexibility index (Phi) is 5.45. The first-order valence-electron chi connectivity index (χ1n) is 7.97. The quantitative estimate of drug-likeness (QED) is 0.542. The van der Waals surface area contributed by atoms with E-state index in [1.54, 1.807) is 17.0 Å². The van der Waals surface area contributed by atoms with Gasteiger partial charge >= 0.3 is 5.69 Å². The lowest BCUT2D eigenvalue weighted by molar-refractivity contribution is -0.387. The molecule has 27 heavy (non-hydrogen) atoms. The molecule has 0 amide bonds. The molecule has 0 N–H and O–H groups in total. The fraction of sp³-hybridized carbons (Fsp3) is 0.312. The van der Waals surface area contributed by atoms with Gasteiger partial charge in [-0.05, 0) is 18.2 Å². The van der Waals surface area contributed by atoms with Crippen molar-refractivity contribution in [2.24, 2.45) is 0 Å². The second-order valence-electron chi connectivity index (χ2n) is 6.09. The van der Waals surface area contributed by atoms with Gasteiger partial charge in [-0.1, -0.05) is 29.3 Å². The fourth-order valence-electron chi connectivity index (χ4n) is 3.05. The molecule has 0 saturated carbocycles. The van der Waals surface area contributed by atoms with Gasteiger partial charge in [-0.25, -0.2) is 13.4 Å². The molecule has 1 aliphatic heterocycles. The van der Waals surface area contributed by atoms with Crippen LogP contribution in [-0.2, 0) is 9.84 Å². The molecule has 1 saturated heterocycles. The van der Waals surface area contributed by atoms with E-state index < -0.39 is 20.4 Å². The topological polar surface area (TPSA) is 96.7 Å². The van der Waals surface area contributed by atoms with Crippen LogP contribution in [0.15, 0.2) is 35.4 Å². The first-order chi connectivity index (χ1) is 12.7. The summed E-state index contributed by atoms with van der Waals surface area (Å²) in [7, 11) is -3.72. The van der Waals surface area contributed by atoms with Gasteiger partial charge < -0.3 is 9.80 Å². The van der Waals surface area contributed by atoms with Gasteiger partial charge in [0.15, 0.2) is 9.84 Å². The molecule has 11 heteroatoms. The van der Waals surface area contributed by atoms with E-state index in [2.05, 4.69) is 4.98 Å². The van der Waals surface area contributed by atoms with E-state index in [4.69, 9.17) is 23.2 Å². The van der Waals surface area contributed by atoms with Crippen molar-refractivity contribution in [2.45, 2.75) is 4.90 Å². The van der Waals surface area contributed by atoms with E-state index in [1.807, 2.05) is 4.90 Å². The minimum atomic E-state index is -3.72. The number of nitrogens with zero attached hydrogens (tertiary/aromatic N) is 4. The highest BCUT2D eigenvalue weighted by atomic mass is 35.5. The minimum absolute atomic E-state index is 0.283. The van der Waals surface area contributed by atoms with E-state index in [0.29, 0.717) is 42.0 Å². The maximum atomic E-state index is 11.9. The summed E-state index contributed by atoms with van der Waals surface area (Å²) >= 11 is 12.1. The Bertz CT molecular complexity index is 992. The number of piperazine rings is 1. The van der Waals surface area contributed by atoms with Crippen molar-refractivity contribution in [3.8, 4) is 0 Å². The van der Waals surface area contributed by atoms with Crippen LogP contribution in [0.4, 0.5) is 17.2 Å². The predicted octanol–water partition coefficient (Wildman–Crippen LogP) is 3.03. The normalized spacial score (nSPS) is 15.1. The third-order valence-corrected chi connectivity index (χ3v) is 5.88. The van der Waals surface area contributed by atoms with Crippen LogP contribution in [0.25, 0.3) is 0 Å². The third kappa shape index (κ3) is 4.10. The summed E-state index contributed by atoms with van der Waals surface area (Å²) in [5, 5.41) is 12.4. The van der Waals surface area contributed by atoms with Crippen molar-refractivity contribution in [2.75, 3.05) is 42.2 Å². The van der Waals surface area contributed by atoms with Gasteiger partial charge in [-0.2, -0.15) is 0 Å². The van der Waals surface area contributed by atoms with Gasteiger partial charge in [0.05, 0.1) is 15.0 Å². The van der Waals surface area contributed by atoms with E-state index in [0.717, 1.165) is 6.26 Å². The molecule has 0 bridgehead atoms. The number of rotatable bonds is 4. The molecule has 0 aliphatic carbocycles. The molecule has 8 nitrogen and oxygen atoms in total. The molecule has 3 rings (SSSR count). The Balaban J connectivity index is 1.87. The standard InChI is InChI=1S/C16H16Cl2N4O4S/c1-27(25,26)14-4-2-3-13(15(14)22(23)24)20-5-7-21(8-6-20)16-12(18)9-11(17)10-19-16/h2-4,9-10H,5-8H2,1H3. The number of nitro groups is 1. The highest BCUT2D eigenvalue weighted by Gasteiger charge is 2.30. The van der Waals surface area contributed by atoms with E-state index in [1.165, 1.54) is 18.3 Å². The summed E-state index contributed by atoms with van der Waals surface area (Å²) < 4.78 is 23.9. The lowest BCUT2D eigenvalue weighted by Crippen LogP contribution is -2.47. The molecule has 0 spiro atoms. The first kappa shape index (κ1) is 19.7. The van der Waals surface area contributed by atoms with Crippen LogP contribution in [0.5, 0.6) is 0 Å². The first-order valence-corrected chi connectivity index (χ1v) is 10.6. The average molecular weight is 431 g/mol. The average Bonchev–Trinajstić information content (AvgIpc) is 2.60.